The minimum absolute atomic E-state index is 0.258. The summed E-state index contributed by atoms with van der Waals surface area (Å²) in [5.74, 6) is 0. The third-order valence-corrected chi connectivity index (χ3v) is 3.94. The summed E-state index contributed by atoms with van der Waals surface area (Å²) in [5.41, 5.74) is 11.2. The maximum atomic E-state index is 12.3. The summed E-state index contributed by atoms with van der Waals surface area (Å²) in [7, 11) is 0. The highest BCUT2D eigenvalue weighted by Crippen LogP contribution is 2.21. The number of amides is 2. The van der Waals surface area contributed by atoms with E-state index in [0.29, 0.717) is 0 Å². The van der Waals surface area contributed by atoms with E-state index in [1.165, 1.54) is 0 Å². The monoisotopic (exact) mass is 361 g/mol. The SMILES string of the molecule is C=C/C=C(\C=C(\C)N)c1ccc(NC(=O)Nc2ccccc2CCC)cc1. The molecule has 0 aliphatic carbocycles. The lowest BCUT2D eigenvalue weighted by Crippen LogP contribution is -2.20. The number of aryl methyl sites for hydroxylation is 1. The number of nitrogens with two attached hydrogens (primary N) is 1. The first kappa shape index (κ1) is 20.0. The molecular formula is C23H27N3O. The topological polar surface area (TPSA) is 67.1 Å². The van der Waals surface area contributed by atoms with Crippen molar-refractivity contribution in [3.05, 3.63) is 90.2 Å². The summed E-state index contributed by atoms with van der Waals surface area (Å²) in [6.07, 6.45) is 7.47. The zero-order valence-electron chi connectivity index (χ0n) is 16.0. The largest absolute Gasteiger partial charge is 0.402 e. The van der Waals surface area contributed by atoms with E-state index < -0.39 is 0 Å². The molecule has 4 N–H and O–H groups in total. The number of rotatable bonds is 7. The van der Waals surface area contributed by atoms with Gasteiger partial charge in [0, 0.05) is 17.1 Å². The highest BCUT2D eigenvalue weighted by molar-refractivity contribution is 6.00. The van der Waals surface area contributed by atoms with E-state index in [2.05, 4.69) is 24.1 Å². The Hall–Kier alpha value is -3.27. The van der Waals surface area contributed by atoms with Crippen molar-refractivity contribution in [2.24, 2.45) is 5.73 Å². The smallest absolute Gasteiger partial charge is 0.323 e. The van der Waals surface area contributed by atoms with Crippen molar-refractivity contribution in [3.63, 3.8) is 0 Å². The van der Waals surface area contributed by atoms with Crippen LogP contribution in [0.2, 0.25) is 0 Å². The molecule has 2 rings (SSSR count). The molecule has 4 heteroatoms. The minimum atomic E-state index is -0.258. The van der Waals surface area contributed by atoms with E-state index >= 15 is 0 Å². The van der Waals surface area contributed by atoms with Gasteiger partial charge in [-0.3, -0.25) is 0 Å². The second-order valence-corrected chi connectivity index (χ2v) is 6.31. The molecule has 0 atom stereocenters. The van der Waals surface area contributed by atoms with E-state index in [-0.39, 0.29) is 6.03 Å². The maximum absolute atomic E-state index is 12.3. The zero-order chi connectivity index (χ0) is 19.6. The number of anilines is 2. The fraction of sp³-hybridized carbons (Fsp3) is 0.174. The van der Waals surface area contributed by atoms with E-state index in [0.717, 1.165) is 46.6 Å². The van der Waals surface area contributed by atoms with Crippen LogP contribution in [-0.2, 0) is 6.42 Å². The molecule has 0 radical (unpaired) electrons. The number of allylic oxidation sites excluding steroid dienone is 5. The van der Waals surface area contributed by atoms with E-state index in [9.17, 15) is 4.79 Å². The molecule has 27 heavy (non-hydrogen) atoms. The second-order valence-electron chi connectivity index (χ2n) is 6.31. The molecule has 4 nitrogen and oxygen atoms in total. The van der Waals surface area contributed by atoms with Crippen LogP contribution in [0.5, 0.6) is 0 Å². The van der Waals surface area contributed by atoms with Crippen molar-refractivity contribution >= 4 is 23.0 Å². The van der Waals surface area contributed by atoms with Crippen LogP contribution in [0.25, 0.3) is 5.57 Å². The average molecular weight is 361 g/mol. The van der Waals surface area contributed by atoms with Gasteiger partial charge in [-0.1, -0.05) is 62.4 Å². The molecule has 0 saturated carbocycles. The molecule has 0 aromatic heterocycles. The molecule has 0 fully saturated rings. The van der Waals surface area contributed by atoms with Crippen LogP contribution < -0.4 is 16.4 Å². The number of benzene rings is 2. The lowest BCUT2D eigenvalue weighted by atomic mass is 10.0. The fourth-order valence-corrected chi connectivity index (χ4v) is 2.76. The van der Waals surface area contributed by atoms with Crippen molar-refractivity contribution in [3.8, 4) is 0 Å². The highest BCUT2D eigenvalue weighted by atomic mass is 16.2. The number of carbonyl (C=O) groups excluding carboxylic acids is 1. The molecule has 2 aromatic carbocycles. The van der Waals surface area contributed by atoms with Gasteiger partial charge in [0.2, 0.25) is 0 Å². The van der Waals surface area contributed by atoms with Crippen LogP contribution in [0.3, 0.4) is 0 Å². The first-order valence-electron chi connectivity index (χ1n) is 9.06. The normalized spacial score (nSPS) is 11.8. The van der Waals surface area contributed by atoms with Gasteiger partial charge in [0.1, 0.15) is 0 Å². The average Bonchev–Trinajstić information content (AvgIpc) is 2.63. The van der Waals surface area contributed by atoms with Crippen molar-refractivity contribution < 1.29 is 4.79 Å². The van der Waals surface area contributed by atoms with Gasteiger partial charge in [0.15, 0.2) is 0 Å². The quantitative estimate of drug-likeness (QED) is 0.553. The first-order valence-corrected chi connectivity index (χ1v) is 9.06. The predicted molar refractivity (Wildman–Crippen MR) is 116 cm³/mol. The Bertz CT molecular complexity index is 844. The Morgan fingerprint density at radius 3 is 2.44 bits per heavy atom. The molecule has 0 unspecified atom stereocenters. The summed E-state index contributed by atoms with van der Waals surface area (Å²) >= 11 is 0. The van der Waals surface area contributed by atoms with Gasteiger partial charge in [-0.2, -0.15) is 0 Å². The summed E-state index contributed by atoms with van der Waals surface area (Å²) in [4.78, 5) is 12.3. The summed E-state index contributed by atoms with van der Waals surface area (Å²) in [5, 5.41) is 5.80. The number of carbonyl (C=O) groups is 1. The third-order valence-electron chi connectivity index (χ3n) is 3.94. The van der Waals surface area contributed by atoms with Crippen LogP contribution >= 0.6 is 0 Å². The standard InChI is InChI=1S/C23H27N3O/c1-4-8-19-10-6-7-11-22(19)26-23(27)25-21-14-12-18(13-15-21)20(9-5-2)16-17(3)24/h5-7,9-16H,2,4,8,24H2,1,3H3,(H2,25,26,27)/b17-16-,20-9+. The van der Waals surface area contributed by atoms with E-state index in [4.69, 9.17) is 5.73 Å². The number of hydrogen-bond acceptors (Lipinski definition) is 2. The van der Waals surface area contributed by atoms with E-state index in [1.807, 2.05) is 67.6 Å². The van der Waals surface area contributed by atoms with Gasteiger partial charge in [0.05, 0.1) is 0 Å². The third kappa shape index (κ3) is 6.19. The predicted octanol–water partition coefficient (Wildman–Crippen LogP) is 5.72. The Labute approximate surface area is 161 Å². The molecule has 2 aromatic rings. The van der Waals surface area contributed by atoms with Gasteiger partial charge in [0.25, 0.3) is 0 Å². The highest BCUT2D eigenvalue weighted by Gasteiger charge is 2.07. The summed E-state index contributed by atoms with van der Waals surface area (Å²) < 4.78 is 0. The molecule has 140 valence electrons. The van der Waals surface area contributed by atoms with Crippen LogP contribution in [0.1, 0.15) is 31.4 Å². The minimum Gasteiger partial charge on any atom is -0.402 e. The Balaban J connectivity index is 2.08. The van der Waals surface area contributed by atoms with Gasteiger partial charge in [-0.25, -0.2) is 4.79 Å². The summed E-state index contributed by atoms with van der Waals surface area (Å²) in [6.45, 7) is 7.70. The van der Waals surface area contributed by atoms with Crippen LogP contribution in [0.4, 0.5) is 16.2 Å². The number of urea groups is 1. The lowest BCUT2D eigenvalue weighted by molar-refractivity contribution is 0.262. The molecule has 0 bridgehead atoms. The molecular weight excluding hydrogens is 334 g/mol. The van der Waals surface area contributed by atoms with Crippen molar-refractivity contribution in [1.29, 1.82) is 0 Å². The Morgan fingerprint density at radius 2 is 1.81 bits per heavy atom. The maximum Gasteiger partial charge on any atom is 0.323 e. The van der Waals surface area contributed by atoms with Crippen molar-refractivity contribution in [2.45, 2.75) is 26.7 Å². The first-order chi connectivity index (χ1) is 13.0. The lowest BCUT2D eigenvalue weighted by Gasteiger charge is -2.12. The number of para-hydroxylation sites is 1. The van der Waals surface area contributed by atoms with Crippen LogP contribution in [0, 0.1) is 0 Å². The van der Waals surface area contributed by atoms with Crippen LogP contribution in [-0.4, -0.2) is 6.03 Å². The van der Waals surface area contributed by atoms with Gasteiger partial charge < -0.3 is 16.4 Å². The molecule has 0 saturated heterocycles. The zero-order valence-corrected chi connectivity index (χ0v) is 16.0. The molecule has 0 aliphatic heterocycles. The second kappa shape index (κ2) is 10.0. The van der Waals surface area contributed by atoms with Gasteiger partial charge in [-0.15, -0.1) is 0 Å². The molecule has 0 spiro atoms. The number of hydrogen-bond donors (Lipinski definition) is 3. The van der Waals surface area contributed by atoms with Gasteiger partial charge >= 0.3 is 6.03 Å². The van der Waals surface area contributed by atoms with E-state index in [1.54, 1.807) is 6.08 Å². The van der Waals surface area contributed by atoms with Gasteiger partial charge in [-0.05, 0) is 54.3 Å². The molecule has 0 aliphatic rings. The number of nitrogens with one attached hydrogen (secondary N) is 2. The summed E-state index contributed by atoms with van der Waals surface area (Å²) in [6, 6.07) is 15.2. The fourth-order valence-electron chi connectivity index (χ4n) is 2.76. The van der Waals surface area contributed by atoms with Crippen LogP contribution in [0.15, 0.2) is 79.0 Å². The Morgan fingerprint density at radius 1 is 1.11 bits per heavy atom. The van der Waals surface area contributed by atoms with Crippen molar-refractivity contribution in [1.82, 2.24) is 0 Å². The molecule has 0 heterocycles. The van der Waals surface area contributed by atoms with Crippen molar-refractivity contribution in [2.75, 3.05) is 10.6 Å². The Kier molecular flexibility index (Phi) is 7.44. The molecule has 2 amide bonds.